The Hall–Kier alpha value is -4.10. The van der Waals surface area contributed by atoms with Crippen molar-refractivity contribution in [2.45, 2.75) is 19.6 Å². The van der Waals surface area contributed by atoms with Crippen molar-refractivity contribution < 1.29 is 28.2 Å². The fourth-order valence-corrected chi connectivity index (χ4v) is 4.67. The van der Waals surface area contributed by atoms with E-state index in [0.29, 0.717) is 53.5 Å². The van der Waals surface area contributed by atoms with Gasteiger partial charge in [-0.15, -0.1) is 0 Å². The fraction of sp³-hybridized carbons (Fsp3) is 0.233. The van der Waals surface area contributed by atoms with Crippen LogP contribution in [0.5, 0.6) is 23.0 Å². The maximum Gasteiger partial charge on any atom is 0.227 e. The second kappa shape index (κ2) is 11.5. The third-order valence-electron chi connectivity index (χ3n) is 6.39. The van der Waals surface area contributed by atoms with Crippen LogP contribution in [0.15, 0.2) is 77.4 Å². The topological polar surface area (TPSA) is 70.4 Å². The summed E-state index contributed by atoms with van der Waals surface area (Å²) in [6, 6.07) is 20.7. The van der Waals surface area contributed by atoms with Gasteiger partial charge in [0, 0.05) is 22.7 Å². The third kappa shape index (κ3) is 5.73. The quantitative estimate of drug-likeness (QED) is 0.270. The number of hydrogen-bond donors (Lipinski definition) is 0. The van der Waals surface area contributed by atoms with Gasteiger partial charge in [-0.25, -0.2) is 0 Å². The summed E-state index contributed by atoms with van der Waals surface area (Å²) >= 11 is 6.28. The van der Waals surface area contributed by atoms with Crippen LogP contribution in [0.25, 0.3) is 11.1 Å². The smallest absolute Gasteiger partial charge is 0.227 e. The minimum absolute atomic E-state index is 0.0424. The van der Waals surface area contributed by atoms with E-state index in [1.54, 1.807) is 25.4 Å². The lowest BCUT2D eigenvalue weighted by atomic mass is 10.0. The number of benzene rings is 3. The number of carbonyl (C=O) groups excluding carboxylic acids is 1. The molecule has 0 fully saturated rings. The van der Waals surface area contributed by atoms with Gasteiger partial charge in [-0.05, 0) is 65.7 Å². The van der Waals surface area contributed by atoms with Crippen molar-refractivity contribution in [3.05, 3.63) is 94.9 Å². The molecule has 5 rings (SSSR count). The lowest BCUT2D eigenvalue weighted by molar-refractivity contribution is -0.131. The van der Waals surface area contributed by atoms with Crippen LogP contribution in [0.1, 0.15) is 16.9 Å². The number of fused-ring (bicyclic) bond motifs is 1. The Balaban J connectivity index is 1.46. The standard InChI is InChI=1S/C30H28ClNO6/c1-34-25-8-9-27(35-2)22(15-25)17-29(33)32-10-12-37-30-23(18-32)13-21(20-5-3-6-24(31)14-20)16-28(30)38-19-26-7-4-11-36-26/h3-9,11,13-16H,10,12,17-19H2,1-2H3. The van der Waals surface area contributed by atoms with E-state index >= 15 is 0 Å². The van der Waals surface area contributed by atoms with Gasteiger partial charge in [0.05, 0.1) is 33.4 Å². The van der Waals surface area contributed by atoms with Crippen molar-refractivity contribution in [2.75, 3.05) is 27.4 Å². The molecule has 1 amide bonds. The number of amides is 1. The minimum Gasteiger partial charge on any atom is -0.497 e. The van der Waals surface area contributed by atoms with Crippen LogP contribution >= 0.6 is 11.6 Å². The lowest BCUT2D eigenvalue weighted by Gasteiger charge is -2.21. The van der Waals surface area contributed by atoms with Crippen molar-refractivity contribution in [1.82, 2.24) is 4.90 Å². The maximum absolute atomic E-state index is 13.5. The molecule has 0 saturated heterocycles. The van der Waals surface area contributed by atoms with Crippen LogP contribution in [-0.2, 0) is 24.4 Å². The number of rotatable bonds is 8. The molecule has 0 bridgehead atoms. The number of hydrogen-bond acceptors (Lipinski definition) is 6. The number of furan rings is 1. The van der Waals surface area contributed by atoms with Crippen LogP contribution in [0, 0.1) is 0 Å². The van der Waals surface area contributed by atoms with Crippen molar-refractivity contribution >= 4 is 17.5 Å². The summed E-state index contributed by atoms with van der Waals surface area (Å²) in [5, 5.41) is 0.635. The Morgan fingerprint density at radius 2 is 1.87 bits per heavy atom. The van der Waals surface area contributed by atoms with Gasteiger partial charge in [-0.3, -0.25) is 4.79 Å². The highest BCUT2D eigenvalue weighted by Crippen LogP contribution is 2.39. The predicted molar refractivity (Wildman–Crippen MR) is 144 cm³/mol. The molecule has 4 aromatic rings. The van der Waals surface area contributed by atoms with Gasteiger partial charge in [0.25, 0.3) is 0 Å². The fourth-order valence-electron chi connectivity index (χ4n) is 4.48. The average Bonchev–Trinajstić information content (AvgIpc) is 3.36. The molecule has 0 aliphatic carbocycles. The normalized spacial score (nSPS) is 12.8. The molecule has 38 heavy (non-hydrogen) atoms. The first-order chi connectivity index (χ1) is 18.5. The van der Waals surface area contributed by atoms with Crippen molar-refractivity contribution in [3.8, 4) is 34.1 Å². The van der Waals surface area contributed by atoms with Gasteiger partial charge in [-0.1, -0.05) is 23.7 Å². The number of halogens is 1. The van der Waals surface area contributed by atoms with Crippen LogP contribution in [0.3, 0.4) is 0 Å². The molecule has 0 atom stereocenters. The van der Waals surface area contributed by atoms with Crippen LogP contribution in [0.4, 0.5) is 0 Å². The van der Waals surface area contributed by atoms with Gasteiger partial charge in [0.2, 0.25) is 5.91 Å². The van der Waals surface area contributed by atoms with E-state index in [2.05, 4.69) is 0 Å². The molecule has 0 spiro atoms. The summed E-state index contributed by atoms with van der Waals surface area (Å²) in [6.45, 7) is 1.39. The van der Waals surface area contributed by atoms with Crippen molar-refractivity contribution in [1.29, 1.82) is 0 Å². The molecule has 196 valence electrons. The van der Waals surface area contributed by atoms with E-state index in [0.717, 1.165) is 22.3 Å². The van der Waals surface area contributed by atoms with E-state index in [4.69, 9.17) is 35.0 Å². The van der Waals surface area contributed by atoms with E-state index in [9.17, 15) is 4.79 Å². The largest absolute Gasteiger partial charge is 0.497 e. The van der Waals surface area contributed by atoms with Gasteiger partial charge in [0.1, 0.15) is 30.5 Å². The van der Waals surface area contributed by atoms with Gasteiger partial charge >= 0.3 is 0 Å². The molecule has 3 aromatic carbocycles. The van der Waals surface area contributed by atoms with Gasteiger partial charge in [-0.2, -0.15) is 0 Å². The minimum atomic E-state index is -0.0424. The molecule has 7 nitrogen and oxygen atoms in total. The summed E-state index contributed by atoms with van der Waals surface area (Å²) < 4.78 is 28.6. The second-order valence-electron chi connectivity index (χ2n) is 8.86. The third-order valence-corrected chi connectivity index (χ3v) is 6.63. The monoisotopic (exact) mass is 533 g/mol. The molecule has 8 heteroatoms. The molecule has 2 heterocycles. The Labute approximate surface area is 226 Å². The zero-order valence-electron chi connectivity index (χ0n) is 21.2. The Kier molecular flexibility index (Phi) is 7.75. The highest BCUT2D eigenvalue weighted by Gasteiger charge is 2.25. The van der Waals surface area contributed by atoms with Crippen molar-refractivity contribution in [3.63, 3.8) is 0 Å². The zero-order valence-corrected chi connectivity index (χ0v) is 22.0. The van der Waals surface area contributed by atoms with Gasteiger partial charge < -0.3 is 28.3 Å². The van der Waals surface area contributed by atoms with E-state index in [1.807, 2.05) is 66.7 Å². The summed E-state index contributed by atoms with van der Waals surface area (Å²) in [5.74, 6) is 3.17. The molecule has 1 aromatic heterocycles. The molecule has 0 saturated carbocycles. The molecule has 1 aliphatic rings. The van der Waals surface area contributed by atoms with E-state index < -0.39 is 0 Å². The highest BCUT2D eigenvalue weighted by molar-refractivity contribution is 6.30. The second-order valence-corrected chi connectivity index (χ2v) is 9.30. The molecular formula is C30H28ClNO6. The predicted octanol–water partition coefficient (Wildman–Crippen LogP) is 6.16. The summed E-state index contributed by atoms with van der Waals surface area (Å²) in [6.07, 6.45) is 1.78. The molecule has 0 radical (unpaired) electrons. The Morgan fingerprint density at radius 1 is 0.974 bits per heavy atom. The Bertz CT molecular complexity index is 1420. The van der Waals surface area contributed by atoms with Crippen LogP contribution in [-0.4, -0.2) is 38.2 Å². The first-order valence-electron chi connectivity index (χ1n) is 12.2. The lowest BCUT2D eigenvalue weighted by Crippen LogP contribution is -2.33. The first-order valence-corrected chi connectivity index (χ1v) is 12.6. The average molecular weight is 534 g/mol. The number of methoxy groups -OCH3 is 2. The SMILES string of the molecule is COc1ccc(OC)c(CC(=O)N2CCOc3c(cc(-c4cccc(Cl)c4)cc3OCc3ccco3)C2)c1. The molecule has 1 aliphatic heterocycles. The Morgan fingerprint density at radius 3 is 2.63 bits per heavy atom. The number of ether oxygens (including phenoxy) is 4. The summed E-state index contributed by atoms with van der Waals surface area (Å²) in [7, 11) is 3.19. The van der Waals surface area contributed by atoms with Crippen molar-refractivity contribution in [2.24, 2.45) is 0 Å². The van der Waals surface area contributed by atoms with Crippen LogP contribution < -0.4 is 18.9 Å². The van der Waals surface area contributed by atoms with E-state index in [-0.39, 0.29) is 18.9 Å². The maximum atomic E-state index is 13.5. The van der Waals surface area contributed by atoms with Gasteiger partial charge in [0.15, 0.2) is 11.5 Å². The molecule has 0 unspecified atom stereocenters. The molecular weight excluding hydrogens is 506 g/mol. The van der Waals surface area contributed by atoms with E-state index in [1.165, 1.54) is 0 Å². The number of carbonyl (C=O) groups is 1. The zero-order chi connectivity index (χ0) is 26.5. The van der Waals surface area contributed by atoms with Crippen LogP contribution in [0.2, 0.25) is 5.02 Å². The molecule has 0 N–H and O–H groups in total. The highest BCUT2D eigenvalue weighted by atomic mass is 35.5. The number of nitrogens with zero attached hydrogens (tertiary/aromatic N) is 1. The summed E-state index contributed by atoms with van der Waals surface area (Å²) in [4.78, 5) is 15.3. The first kappa shape index (κ1) is 25.5. The summed E-state index contributed by atoms with van der Waals surface area (Å²) in [5.41, 5.74) is 3.46.